The molecule has 1 aromatic heterocycles. The zero-order chi connectivity index (χ0) is 13.0. The van der Waals surface area contributed by atoms with Gasteiger partial charge in [0.05, 0.1) is 6.04 Å². The Labute approximate surface area is 113 Å². The number of primary amides is 1. The van der Waals surface area contributed by atoms with Crippen molar-refractivity contribution in [3.05, 3.63) is 22.4 Å². The third-order valence-corrected chi connectivity index (χ3v) is 4.79. The first-order valence-corrected chi connectivity index (χ1v) is 7.60. The van der Waals surface area contributed by atoms with E-state index in [1.165, 1.54) is 17.7 Å². The van der Waals surface area contributed by atoms with Crippen LogP contribution in [0.4, 0.5) is 0 Å². The quantitative estimate of drug-likeness (QED) is 0.860. The topological polar surface area (TPSA) is 55.1 Å². The summed E-state index contributed by atoms with van der Waals surface area (Å²) in [5.41, 5.74) is 5.54. The van der Waals surface area contributed by atoms with E-state index >= 15 is 0 Å². The number of nitrogens with two attached hydrogens (primary N) is 1. The lowest BCUT2D eigenvalue weighted by Crippen LogP contribution is -2.47. The van der Waals surface area contributed by atoms with Crippen LogP contribution in [0.5, 0.6) is 0 Å². The van der Waals surface area contributed by atoms with Crippen LogP contribution in [0.1, 0.15) is 37.5 Å². The smallest absolute Gasteiger partial charge is 0.234 e. The molecule has 18 heavy (non-hydrogen) atoms. The molecule has 1 saturated carbocycles. The summed E-state index contributed by atoms with van der Waals surface area (Å²) in [6.45, 7) is 3.03. The van der Waals surface area contributed by atoms with Crippen molar-refractivity contribution in [3.63, 3.8) is 0 Å². The van der Waals surface area contributed by atoms with Crippen molar-refractivity contribution >= 4 is 17.2 Å². The lowest BCUT2D eigenvalue weighted by Gasteiger charge is -2.31. The fraction of sp³-hybridized carbons (Fsp3) is 0.643. The predicted molar refractivity (Wildman–Crippen MR) is 75.3 cm³/mol. The second-order valence-electron chi connectivity index (χ2n) is 5.36. The van der Waals surface area contributed by atoms with Crippen LogP contribution in [-0.2, 0) is 11.3 Å². The van der Waals surface area contributed by atoms with E-state index in [1.807, 2.05) is 6.07 Å². The number of thiophene rings is 1. The molecule has 100 valence electrons. The molecule has 3 nitrogen and oxygen atoms in total. The fourth-order valence-electron chi connectivity index (χ4n) is 2.74. The van der Waals surface area contributed by atoms with Crippen molar-refractivity contribution in [2.45, 2.75) is 45.2 Å². The Hall–Kier alpha value is -0.870. The molecule has 1 atom stereocenters. The molecule has 1 aromatic rings. The zero-order valence-electron chi connectivity index (χ0n) is 10.9. The zero-order valence-corrected chi connectivity index (χ0v) is 11.7. The molecule has 4 heteroatoms. The minimum absolute atomic E-state index is 0.167. The molecule has 0 saturated heterocycles. The molecule has 0 radical (unpaired) electrons. The number of rotatable bonds is 5. The highest BCUT2D eigenvalue weighted by molar-refractivity contribution is 7.09. The second kappa shape index (κ2) is 6.34. The maximum atomic E-state index is 11.6. The second-order valence-corrected chi connectivity index (χ2v) is 6.39. The molecule has 1 unspecified atom stereocenters. The molecule has 2 rings (SSSR count). The number of carbonyl (C=O) groups excluding carboxylic acids is 1. The number of amides is 1. The lowest BCUT2D eigenvalue weighted by atomic mass is 9.79. The third kappa shape index (κ3) is 3.56. The Morgan fingerprint density at radius 1 is 1.50 bits per heavy atom. The lowest BCUT2D eigenvalue weighted by molar-refractivity contribution is -0.121. The van der Waals surface area contributed by atoms with Gasteiger partial charge < -0.3 is 11.1 Å². The van der Waals surface area contributed by atoms with Gasteiger partial charge in [-0.1, -0.05) is 25.8 Å². The van der Waals surface area contributed by atoms with Gasteiger partial charge in [-0.15, -0.1) is 11.3 Å². The van der Waals surface area contributed by atoms with Crippen LogP contribution in [0.15, 0.2) is 17.5 Å². The number of nitrogens with one attached hydrogen (secondary N) is 1. The normalized spacial score (nSPS) is 25.8. The summed E-state index contributed by atoms with van der Waals surface area (Å²) in [6, 6.07) is 3.95. The maximum absolute atomic E-state index is 11.6. The highest BCUT2D eigenvalue weighted by Gasteiger charge is 2.29. The van der Waals surface area contributed by atoms with Gasteiger partial charge in [0, 0.05) is 11.4 Å². The Morgan fingerprint density at radius 2 is 2.22 bits per heavy atom. The van der Waals surface area contributed by atoms with Crippen molar-refractivity contribution < 1.29 is 4.79 Å². The first-order valence-electron chi connectivity index (χ1n) is 6.72. The third-order valence-electron chi connectivity index (χ3n) is 3.91. The molecule has 1 amide bonds. The highest BCUT2D eigenvalue weighted by atomic mass is 32.1. The minimum atomic E-state index is -0.203. The van der Waals surface area contributed by atoms with Crippen molar-refractivity contribution in [3.8, 4) is 0 Å². The molecule has 0 aromatic carbocycles. The molecule has 1 fully saturated rings. The van der Waals surface area contributed by atoms with E-state index in [1.54, 1.807) is 11.3 Å². The van der Waals surface area contributed by atoms with E-state index in [0.717, 1.165) is 25.3 Å². The van der Waals surface area contributed by atoms with Crippen molar-refractivity contribution in [1.29, 1.82) is 0 Å². The Morgan fingerprint density at radius 3 is 2.78 bits per heavy atom. The van der Waals surface area contributed by atoms with E-state index in [9.17, 15) is 4.79 Å². The summed E-state index contributed by atoms with van der Waals surface area (Å²) in [6.07, 6.45) is 4.67. The fourth-order valence-corrected chi connectivity index (χ4v) is 3.40. The Bertz CT molecular complexity index is 369. The summed E-state index contributed by atoms with van der Waals surface area (Å²) in [5.74, 6) is 1.01. The summed E-state index contributed by atoms with van der Waals surface area (Å²) in [4.78, 5) is 12.9. The van der Waals surface area contributed by atoms with Gasteiger partial charge in [-0.2, -0.15) is 0 Å². The maximum Gasteiger partial charge on any atom is 0.234 e. The van der Waals surface area contributed by atoms with Gasteiger partial charge in [-0.25, -0.2) is 0 Å². The van der Waals surface area contributed by atoms with Crippen molar-refractivity contribution in [2.75, 3.05) is 0 Å². The van der Waals surface area contributed by atoms with Crippen LogP contribution in [0.2, 0.25) is 0 Å². The van der Waals surface area contributed by atoms with Gasteiger partial charge in [0.2, 0.25) is 5.91 Å². The Kier molecular flexibility index (Phi) is 4.78. The van der Waals surface area contributed by atoms with Gasteiger partial charge in [0.25, 0.3) is 0 Å². The summed E-state index contributed by atoms with van der Waals surface area (Å²) in [7, 11) is 0. The van der Waals surface area contributed by atoms with E-state index in [4.69, 9.17) is 5.73 Å². The van der Waals surface area contributed by atoms with E-state index in [0.29, 0.717) is 5.92 Å². The molecule has 1 aliphatic rings. The van der Waals surface area contributed by atoms with Gasteiger partial charge in [-0.3, -0.25) is 4.79 Å². The summed E-state index contributed by atoms with van der Waals surface area (Å²) >= 11 is 1.71. The standard InChI is InChI=1S/C14H22N2OS/c1-10-4-6-11(7-5-10)13(14(15)17)16-9-12-3-2-8-18-12/h2-3,8,10-11,13,16H,4-7,9H2,1H3,(H2,15,17). The number of carbonyl (C=O) groups is 1. The van der Waals surface area contributed by atoms with Crippen LogP contribution >= 0.6 is 11.3 Å². The van der Waals surface area contributed by atoms with Crippen LogP contribution in [-0.4, -0.2) is 11.9 Å². The molecule has 0 bridgehead atoms. The van der Waals surface area contributed by atoms with Crippen molar-refractivity contribution in [2.24, 2.45) is 17.6 Å². The van der Waals surface area contributed by atoms with E-state index in [2.05, 4.69) is 23.7 Å². The summed E-state index contributed by atoms with van der Waals surface area (Å²) < 4.78 is 0. The number of hydrogen-bond acceptors (Lipinski definition) is 3. The van der Waals surface area contributed by atoms with Gasteiger partial charge in [0.15, 0.2) is 0 Å². The van der Waals surface area contributed by atoms with Crippen LogP contribution < -0.4 is 11.1 Å². The molecular weight excluding hydrogens is 244 g/mol. The van der Waals surface area contributed by atoms with Crippen LogP contribution in [0, 0.1) is 11.8 Å². The van der Waals surface area contributed by atoms with Gasteiger partial charge in [0.1, 0.15) is 0 Å². The molecule has 0 aliphatic heterocycles. The predicted octanol–water partition coefficient (Wildman–Crippen LogP) is 2.52. The summed E-state index contributed by atoms with van der Waals surface area (Å²) in [5, 5.41) is 5.40. The molecule has 1 heterocycles. The average Bonchev–Trinajstić information content (AvgIpc) is 2.84. The molecular formula is C14H22N2OS. The SMILES string of the molecule is CC1CCC(C(NCc2cccs2)C(N)=O)CC1. The van der Waals surface area contributed by atoms with E-state index in [-0.39, 0.29) is 11.9 Å². The molecule has 1 aliphatic carbocycles. The van der Waals surface area contributed by atoms with Crippen molar-refractivity contribution in [1.82, 2.24) is 5.32 Å². The molecule has 3 N–H and O–H groups in total. The first kappa shape index (κ1) is 13.6. The largest absolute Gasteiger partial charge is 0.368 e. The van der Waals surface area contributed by atoms with Gasteiger partial charge >= 0.3 is 0 Å². The highest BCUT2D eigenvalue weighted by Crippen LogP contribution is 2.30. The Balaban J connectivity index is 1.89. The monoisotopic (exact) mass is 266 g/mol. The average molecular weight is 266 g/mol. The molecule has 0 spiro atoms. The van der Waals surface area contributed by atoms with Crippen LogP contribution in [0.3, 0.4) is 0 Å². The number of hydrogen-bond donors (Lipinski definition) is 2. The minimum Gasteiger partial charge on any atom is -0.368 e. The first-order chi connectivity index (χ1) is 8.66. The van der Waals surface area contributed by atoms with E-state index < -0.39 is 0 Å². The van der Waals surface area contributed by atoms with Crippen LogP contribution in [0.25, 0.3) is 0 Å². The van der Waals surface area contributed by atoms with Gasteiger partial charge in [-0.05, 0) is 36.1 Å².